The Morgan fingerprint density at radius 3 is 2.31 bits per heavy atom. The Kier molecular flexibility index (Phi) is 5.90. The highest BCUT2D eigenvalue weighted by Gasteiger charge is 2.31. The van der Waals surface area contributed by atoms with Gasteiger partial charge in [-0.3, -0.25) is 18.5 Å². The number of rotatable bonds is 4. The number of halogens is 3. The number of hydrogen-bond acceptors (Lipinski definition) is 5. The highest BCUT2D eigenvalue weighted by molar-refractivity contribution is 5.59. The maximum absolute atomic E-state index is 13.4. The molecule has 0 atom stereocenters. The summed E-state index contributed by atoms with van der Waals surface area (Å²) in [5.41, 5.74) is -1.44. The van der Waals surface area contributed by atoms with Crippen LogP contribution >= 0.6 is 0 Å². The van der Waals surface area contributed by atoms with Gasteiger partial charge in [0.15, 0.2) is 5.82 Å². The molecular weight excluding hydrogens is 461 g/mol. The van der Waals surface area contributed by atoms with Crippen LogP contribution in [0.4, 0.5) is 13.2 Å². The van der Waals surface area contributed by atoms with Gasteiger partial charge in [-0.1, -0.05) is 6.07 Å². The Morgan fingerprint density at radius 2 is 1.71 bits per heavy atom. The molecule has 8 nitrogen and oxygen atoms in total. The van der Waals surface area contributed by atoms with E-state index in [1.165, 1.54) is 22.9 Å². The highest BCUT2D eigenvalue weighted by atomic mass is 19.4. The fourth-order valence-electron chi connectivity index (χ4n) is 3.72. The molecule has 2 aromatic carbocycles. The van der Waals surface area contributed by atoms with Crippen LogP contribution in [-0.2, 0) is 6.18 Å². The van der Waals surface area contributed by atoms with Crippen LogP contribution in [0.1, 0.15) is 36.8 Å². The molecule has 35 heavy (non-hydrogen) atoms. The molecule has 0 aliphatic rings. The van der Waals surface area contributed by atoms with Crippen molar-refractivity contribution in [2.45, 2.75) is 33.0 Å². The second-order valence-electron chi connectivity index (χ2n) is 8.08. The fourth-order valence-corrected chi connectivity index (χ4v) is 3.72. The van der Waals surface area contributed by atoms with Crippen molar-refractivity contribution in [2.24, 2.45) is 0 Å². The van der Waals surface area contributed by atoms with Gasteiger partial charge in [0.05, 0.1) is 22.9 Å². The molecule has 11 heteroatoms. The maximum atomic E-state index is 13.4. The predicted molar refractivity (Wildman–Crippen MR) is 121 cm³/mol. The molecule has 2 aromatic heterocycles. The first-order valence-corrected chi connectivity index (χ1v) is 10.5. The molecule has 0 fully saturated rings. The average molecular weight is 480 g/mol. The molecule has 178 valence electrons. The second-order valence-corrected chi connectivity index (χ2v) is 8.08. The van der Waals surface area contributed by atoms with Crippen LogP contribution in [0.2, 0.25) is 0 Å². The summed E-state index contributed by atoms with van der Waals surface area (Å²) in [6, 6.07) is 12.2. The fraction of sp³-hybridized carbons (Fsp3) is 0.208. The van der Waals surface area contributed by atoms with Crippen LogP contribution in [0, 0.1) is 18.3 Å². The van der Waals surface area contributed by atoms with E-state index >= 15 is 0 Å². The van der Waals surface area contributed by atoms with Crippen LogP contribution in [0.5, 0.6) is 0 Å². The monoisotopic (exact) mass is 480 g/mol. The van der Waals surface area contributed by atoms with Crippen molar-refractivity contribution in [3.63, 3.8) is 0 Å². The van der Waals surface area contributed by atoms with Gasteiger partial charge in [-0.25, -0.2) is 4.79 Å². The quantitative estimate of drug-likeness (QED) is 0.439. The largest absolute Gasteiger partial charge is 0.416 e. The Balaban J connectivity index is 2.02. The van der Waals surface area contributed by atoms with Crippen molar-refractivity contribution >= 4 is 0 Å². The van der Waals surface area contributed by atoms with E-state index < -0.39 is 29.0 Å². The van der Waals surface area contributed by atoms with Crippen LogP contribution < -0.4 is 11.2 Å². The zero-order valence-corrected chi connectivity index (χ0v) is 18.9. The van der Waals surface area contributed by atoms with E-state index in [9.17, 15) is 22.8 Å². The first-order valence-electron chi connectivity index (χ1n) is 10.5. The second kappa shape index (κ2) is 8.72. The topological polar surface area (TPSA) is 98.5 Å². The van der Waals surface area contributed by atoms with E-state index in [1.807, 2.05) is 6.07 Å². The molecule has 0 radical (unpaired) electrons. The van der Waals surface area contributed by atoms with Crippen molar-refractivity contribution in [1.29, 1.82) is 5.26 Å². The third-order valence-electron chi connectivity index (χ3n) is 5.41. The number of benzene rings is 2. The van der Waals surface area contributed by atoms with Crippen LogP contribution in [-0.4, -0.2) is 23.9 Å². The lowest BCUT2D eigenvalue weighted by molar-refractivity contribution is -0.137. The Hall–Kier alpha value is -4.46. The predicted octanol–water partition coefficient (Wildman–Crippen LogP) is 4.03. The summed E-state index contributed by atoms with van der Waals surface area (Å²) in [7, 11) is 0. The highest BCUT2D eigenvalue weighted by Crippen LogP contribution is 2.30. The zero-order chi connectivity index (χ0) is 25.5. The van der Waals surface area contributed by atoms with Crippen molar-refractivity contribution in [3.8, 4) is 28.8 Å². The van der Waals surface area contributed by atoms with Gasteiger partial charge in [-0.15, -0.1) is 10.2 Å². The minimum absolute atomic E-state index is 0.0161. The van der Waals surface area contributed by atoms with Gasteiger partial charge in [0.2, 0.25) is 0 Å². The van der Waals surface area contributed by atoms with Crippen LogP contribution in [0.25, 0.3) is 22.8 Å². The molecule has 0 saturated carbocycles. The molecule has 4 aromatic rings. The zero-order valence-electron chi connectivity index (χ0n) is 18.9. The Bertz CT molecular complexity index is 1570. The summed E-state index contributed by atoms with van der Waals surface area (Å²) < 4.78 is 43.4. The minimum Gasteiger partial charge on any atom is -0.272 e. The molecule has 0 spiro atoms. The van der Waals surface area contributed by atoms with E-state index in [-0.39, 0.29) is 17.2 Å². The minimum atomic E-state index is -4.61. The lowest BCUT2D eigenvalue weighted by Crippen LogP contribution is -2.42. The van der Waals surface area contributed by atoms with Gasteiger partial charge >= 0.3 is 11.9 Å². The molecular formula is C24H19F3N6O2. The molecule has 0 aliphatic heterocycles. The number of aryl methyl sites for hydroxylation is 1. The van der Waals surface area contributed by atoms with Crippen molar-refractivity contribution in [2.75, 3.05) is 0 Å². The summed E-state index contributed by atoms with van der Waals surface area (Å²) >= 11 is 0. The molecule has 0 saturated heterocycles. The third kappa shape index (κ3) is 4.26. The standard InChI is InChI=1S/C24H19F3N6O2/c1-14(2)32-22(34)20(13-31(23(32)35)19-6-4-5-18(11-19)24(25,26)27)33-15(3)29-30-21(33)17-9-7-16(12-28)8-10-17/h4-11,13-14H,1-3H3. The summed E-state index contributed by atoms with van der Waals surface area (Å²) in [6.07, 6.45) is -3.41. The maximum Gasteiger partial charge on any atom is 0.416 e. The first kappa shape index (κ1) is 23.7. The number of aromatic nitrogens is 5. The molecule has 0 aliphatic carbocycles. The number of alkyl halides is 3. The molecule has 0 amide bonds. The van der Waals surface area contributed by atoms with E-state index in [4.69, 9.17) is 5.26 Å². The number of nitriles is 1. The van der Waals surface area contributed by atoms with Gasteiger partial charge in [0, 0.05) is 17.8 Å². The average Bonchev–Trinajstić information content (AvgIpc) is 3.19. The van der Waals surface area contributed by atoms with Crippen molar-refractivity contribution in [3.05, 3.63) is 92.5 Å². The molecule has 4 rings (SSSR count). The Labute approximate surface area is 197 Å². The van der Waals surface area contributed by atoms with E-state index in [1.54, 1.807) is 45.0 Å². The number of hydrogen-bond donors (Lipinski definition) is 0. The van der Waals surface area contributed by atoms with Gasteiger partial charge in [0.25, 0.3) is 5.56 Å². The van der Waals surface area contributed by atoms with Gasteiger partial charge in [-0.05, 0) is 63.2 Å². The third-order valence-corrected chi connectivity index (χ3v) is 5.41. The summed E-state index contributed by atoms with van der Waals surface area (Å²) in [4.78, 5) is 26.6. The van der Waals surface area contributed by atoms with E-state index in [0.29, 0.717) is 17.0 Å². The lowest BCUT2D eigenvalue weighted by Gasteiger charge is -2.18. The van der Waals surface area contributed by atoms with Crippen molar-refractivity contribution in [1.82, 2.24) is 23.9 Å². The van der Waals surface area contributed by atoms with Gasteiger partial charge in [-0.2, -0.15) is 18.4 Å². The normalized spacial score (nSPS) is 11.6. The SMILES string of the molecule is Cc1nnc(-c2ccc(C#N)cc2)n1-c1cn(-c2cccc(C(F)(F)F)c2)c(=O)n(C(C)C)c1=O. The summed E-state index contributed by atoms with van der Waals surface area (Å²) in [6.45, 7) is 4.87. The molecule has 0 N–H and O–H groups in total. The summed E-state index contributed by atoms with van der Waals surface area (Å²) in [5, 5.41) is 17.3. The van der Waals surface area contributed by atoms with Crippen LogP contribution in [0.3, 0.4) is 0 Å². The van der Waals surface area contributed by atoms with Gasteiger partial charge in [0.1, 0.15) is 11.5 Å². The van der Waals surface area contributed by atoms with Crippen molar-refractivity contribution < 1.29 is 13.2 Å². The smallest absolute Gasteiger partial charge is 0.272 e. The molecule has 0 bridgehead atoms. The first-order chi connectivity index (χ1) is 16.5. The lowest BCUT2D eigenvalue weighted by atomic mass is 10.1. The summed E-state index contributed by atoms with van der Waals surface area (Å²) in [5.74, 6) is 0.597. The molecule has 0 unspecified atom stereocenters. The number of nitrogens with zero attached hydrogens (tertiary/aromatic N) is 6. The molecule has 2 heterocycles. The van der Waals surface area contributed by atoms with E-state index in [0.717, 1.165) is 21.3 Å². The van der Waals surface area contributed by atoms with E-state index in [2.05, 4.69) is 10.2 Å². The van der Waals surface area contributed by atoms with Gasteiger partial charge < -0.3 is 0 Å². The van der Waals surface area contributed by atoms with Crippen LogP contribution in [0.15, 0.2) is 64.3 Å². The Morgan fingerprint density at radius 1 is 1.03 bits per heavy atom.